The summed E-state index contributed by atoms with van der Waals surface area (Å²) in [6.45, 7) is 0. The average Bonchev–Trinajstić information content (AvgIpc) is 2.39. The fraction of sp³-hybridized carbons (Fsp3) is 0. The largest absolute Gasteiger partial charge is 0.290 e. The first-order valence-corrected chi connectivity index (χ1v) is 6.05. The molecule has 0 atom stereocenters. The van der Waals surface area contributed by atoms with Gasteiger partial charge in [-0.15, -0.1) is 0 Å². The van der Waals surface area contributed by atoms with Gasteiger partial charge in [0.15, 0.2) is 0 Å². The van der Waals surface area contributed by atoms with Gasteiger partial charge in [0.1, 0.15) is 5.02 Å². The van der Waals surface area contributed by atoms with Crippen LogP contribution in [0.25, 0.3) is 0 Å². The molecule has 0 saturated carbocycles. The molecule has 19 heavy (non-hydrogen) atoms. The molecule has 2 aromatic carbocycles. The number of rotatable bonds is 3. The minimum Gasteiger partial charge on any atom is -0.258 e. The molecule has 4 nitrogen and oxygen atoms in total. The van der Waals surface area contributed by atoms with E-state index in [1.807, 2.05) is 0 Å². The highest BCUT2D eigenvalue weighted by molar-refractivity contribution is 6.32. The summed E-state index contributed by atoms with van der Waals surface area (Å²) < 4.78 is 0. The van der Waals surface area contributed by atoms with Crippen LogP contribution < -0.4 is 0 Å². The zero-order valence-corrected chi connectivity index (χ0v) is 11.1. The van der Waals surface area contributed by atoms with E-state index in [1.165, 1.54) is 12.1 Å². The summed E-state index contributed by atoms with van der Waals surface area (Å²) in [7, 11) is 0. The van der Waals surface area contributed by atoms with Crippen molar-refractivity contribution in [1.82, 2.24) is 0 Å². The fourth-order valence-corrected chi connectivity index (χ4v) is 1.73. The van der Waals surface area contributed by atoms with Crippen molar-refractivity contribution in [3.05, 3.63) is 68.2 Å². The second-order valence-corrected chi connectivity index (χ2v) is 4.55. The van der Waals surface area contributed by atoms with E-state index >= 15 is 0 Å². The van der Waals surface area contributed by atoms with Gasteiger partial charge < -0.3 is 0 Å². The Morgan fingerprint density at radius 2 is 1.79 bits per heavy atom. The van der Waals surface area contributed by atoms with Crippen LogP contribution in [0.1, 0.15) is 5.56 Å². The first-order chi connectivity index (χ1) is 9.06. The van der Waals surface area contributed by atoms with Gasteiger partial charge in [-0.25, -0.2) is 0 Å². The maximum absolute atomic E-state index is 10.7. The lowest BCUT2D eigenvalue weighted by Crippen LogP contribution is -1.88. The van der Waals surface area contributed by atoms with Crippen molar-refractivity contribution in [2.24, 2.45) is 4.99 Å². The first kappa shape index (κ1) is 13.5. The summed E-state index contributed by atoms with van der Waals surface area (Å²) >= 11 is 11.5. The van der Waals surface area contributed by atoms with Crippen LogP contribution in [0.3, 0.4) is 0 Å². The molecule has 2 rings (SSSR count). The number of nitrogens with zero attached hydrogens (tertiary/aromatic N) is 2. The molecule has 0 saturated heterocycles. The first-order valence-electron chi connectivity index (χ1n) is 5.30. The maximum atomic E-state index is 10.7. The van der Waals surface area contributed by atoms with Crippen molar-refractivity contribution >= 4 is 40.8 Å². The van der Waals surface area contributed by atoms with Gasteiger partial charge in [0.05, 0.1) is 10.6 Å². The highest BCUT2D eigenvalue weighted by Gasteiger charge is 2.11. The molecule has 6 heteroatoms. The second-order valence-electron chi connectivity index (χ2n) is 3.70. The van der Waals surface area contributed by atoms with E-state index in [0.29, 0.717) is 10.7 Å². The molecule has 0 radical (unpaired) electrons. The van der Waals surface area contributed by atoms with Crippen LogP contribution in [-0.2, 0) is 0 Å². The normalized spacial score (nSPS) is 10.8. The summed E-state index contributed by atoms with van der Waals surface area (Å²) in [5.41, 5.74) is 1.15. The summed E-state index contributed by atoms with van der Waals surface area (Å²) in [6.07, 6.45) is 1.60. The number of aliphatic imine (C=N–C) groups is 1. The van der Waals surface area contributed by atoms with E-state index in [9.17, 15) is 10.1 Å². The van der Waals surface area contributed by atoms with Gasteiger partial charge in [-0.3, -0.25) is 15.1 Å². The molecule has 0 heterocycles. The quantitative estimate of drug-likeness (QED) is 0.470. The van der Waals surface area contributed by atoms with Gasteiger partial charge in [0.2, 0.25) is 0 Å². The van der Waals surface area contributed by atoms with Gasteiger partial charge in [-0.1, -0.05) is 35.3 Å². The van der Waals surface area contributed by atoms with Crippen LogP contribution in [-0.4, -0.2) is 11.1 Å². The van der Waals surface area contributed by atoms with Crippen LogP contribution in [0, 0.1) is 10.1 Å². The van der Waals surface area contributed by atoms with E-state index in [-0.39, 0.29) is 10.7 Å². The molecule has 96 valence electrons. The lowest BCUT2D eigenvalue weighted by molar-refractivity contribution is -0.384. The van der Waals surface area contributed by atoms with Crippen LogP contribution in [0.2, 0.25) is 10.0 Å². The Kier molecular flexibility index (Phi) is 4.14. The molecular formula is C13H8Cl2N2O2. The molecule has 2 aromatic rings. The highest BCUT2D eigenvalue weighted by Crippen LogP contribution is 2.28. The van der Waals surface area contributed by atoms with Gasteiger partial charge >= 0.3 is 0 Å². The minimum absolute atomic E-state index is 0.0930. The van der Waals surface area contributed by atoms with Crippen LogP contribution in [0.15, 0.2) is 47.5 Å². The SMILES string of the molecule is O=[N+]([O-])c1cc(N=Cc2ccc(Cl)cc2)ccc1Cl. The fourth-order valence-electron chi connectivity index (χ4n) is 1.42. The monoisotopic (exact) mass is 294 g/mol. The summed E-state index contributed by atoms with van der Waals surface area (Å²) in [5, 5.41) is 11.5. The molecule has 0 aromatic heterocycles. The van der Waals surface area contributed by atoms with Crippen LogP contribution >= 0.6 is 23.2 Å². The molecule has 0 aliphatic rings. The Labute approximate surface area is 119 Å². The van der Waals surface area contributed by atoms with E-state index in [1.54, 1.807) is 36.5 Å². The van der Waals surface area contributed by atoms with Gasteiger partial charge in [0.25, 0.3) is 5.69 Å². The van der Waals surface area contributed by atoms with E-state index in [0.717, 1.165) is 5.56 Å². The molecule has 0 N–H and O–H groups in total. The van der Waals surface area contributed by atoms with Crippen molar-refractivity contribution in [3.63, 3.8) is 0 Å². The molecular weight excluding hydrogens is 287 g/mol. The third-order valence-electron chi connectivity index (χ3n) is 2.36. The lowest BCUT2D eigenvalue weighted by atomic mass is 10.2. The summed E-state index contributed by atoms with van der Waals surface area (Å²) in [5.74, 6) is 0. The standard InChI is InChI=1S/C13H8Cl2N2O2/c14-10-3-1-9(2-4-10)8-16-11-5-6-12(15)13(7-11)17(18)19/h1-8H. The Hall–Kier alpha value is -1.91. The number of hydrogen-bond donors (Lipinski definition) is 0. The Balaban J connectivity index is 2.26. The van der Waals surface area contributed by atoms with Crippen molar-refractivity contribution < 1.29 is 4.92 Å². The molecule has 0 unspecified atom stereocenters. The number of nitro groups is 1. The smallest absolute Gasteiger partial charge is 0.258 e. The third-order valence-corrected chi connectivity index (χ3v) is 2.93. The molecule has 0 amide bonds. The Bertz CT molecular complexity index is 640. The topological polar surface area (TPSA) is 55.5 Å². The zero-order chi connectivity index (χ0) is 13.8. The Morgan fingerprint density at radius 3 is 2.42 bits per heavy atom. The van der Waals surface area contributed by atoms with E-state index in [4.69, 9.17) is 23.2 Å². The van der Waals surface area contributed by atoms with Gasteiger partial charge in [-0.05, 0) is 29.8 Å². The molecule has 0 fully saturated rings. The number of hydrogen-bond acceptors (Lipinski definition) is 3. The van der Waals surface area contributed by atoms with E-state index in [2.05, 4.69) is 4.99 Å². The average molecular weight is 295 g/mol. The van der Waals surface area contributed by atoms with Crippen molar-refractivity contribution in [2.45, 2.75) is 0 Å². The summed E-state index contributed by atoms with van der Waals surface area (Å²) in [6, 6.07) is 11.5. The van der Waals surface area contributed by atoms with E-state index < -0.39 is 4.92 Å². The third kappa shape index (κ3) is 3.53. The predicted molar refractivity (Wildman–Crippen MR) is 76.8 cm³/mol. The number of nitro benzene ring substituents is 1. The predicted octanol–water partition coefficient (Wildman–Crippen LogP) is 4.65. The lowest BCUT2D eigenvalue weighted by Gasteiger charge is -1.97. The Morgan fingerprint density at radius 1 is 1.11 bits per heavy atom. The zero-order valence-electron chi connectivity index (χ0n) is 9.59. The number of halogens is 2. The van der Waals surface area contributed by atoms with Crippen molar-refractivity contribution in [1.29, 1.82) is 0 Å². The van der Waals surface area contributed by atoms with Crippen LogP contribution in [0.4, 0.5) is 11.4 Å². The second kappa shape index (κ2) is 5.82. The van der Waals surface area contributed by atoms with Crippen molar-refractivity contribution in [3.8, 4) is 0 Å². The highest BCUT2D eigenvalue weighted by atomic mass is 35.5. The molecule has 0 aliphatic heterocycles. The molecule has 0 spiro atoms. The van der Waals surface area contributed by atoms with Crippen LogP contribution in [0.5, 0.6) is 0 Å². The minimum atomic E-state index is -0.538. The van der Waals surface area contributed by atoms with Gasteiger partial charge in [-0.2, -0.15) is 0 Å². The molecule has 0 bridgehead atoms. The summed E-state index contributed by atoms with van der Waals surface area (Å²) in [4.78, 5) is 14.4. The maximum Gasteiger partial charge on any atom is 0.290 e. The molecule has 0 aliphatic carbocycles. The van der Waals surface area contributed by atoms with Crippen molar-refractivity contribution in [2.75, 3.05) is 0 Å². The van der Waals surface area contributed by atoms with Gasteiger partial charge in [0, 0.05) is 17.3 Å². The number of benzene rings is 2.